The van der Waals surface area contributed by atoms with Gasteiger partial charge in [-0.1, -0.05) is 103 Å². The van der Waals surface area contributed by atoms with E-state index < -0.39 is 5.41 Å². The fraction of sp³-hybridized carbons (Fsp3) is 0.926. The zero-order valence-corrected chi connectivity index (χ0v) is 20.9. The maximum atomic E-state index is 13.1. The highest BCUT2D eigenvalue weighted by Crippen LogP contribution is 2.44. The predicted octanol–water partition coefficient (Wildman–Crippen LogP) is 7.77. The first-order valence-electron chi connectivity index (χ1n) is 13.5. The van der Waals surface area contributed by atoms with Crippen molar-refractivity contribution < 1.29 is 19.1 Å². The molecule has 182 valence electrons. The van der Waals surface area contributed by atoms with Gasteiger partial charge in [-0.05, 0) is 39.0 Å². The van der Waals surface area contributed by atoms with Crippen LogP contribution in [-0.2, 0) is 19.1 Å². The molecule has 1 aliphatic rings. The summed E-state index contributed by atoms with van der Waals surface area (Å²) in [6.45, 7) is 6.52. The lowest BCUT2D eigenvalue weighted by molar-refractivity contribution is -0.179. The van der Waals surface area contributed by atoms with E-state index in [1.165, 1.54) is 70.6 Å². The van der Waals surface area contributed by atoms with Crippen molar-refractivity contribution in [2.75, 3.05) is 13.2 Å². The van der Waals surface area contributed by atoms with E-state index in [1.54, 1.807) is 0 Å². The molecular weight excluding hydrogens is 388 g/mol. The molecule has 1 aliphatic carbocycles. The Morgan fingerprint density at radius 2 is 1.06 bits per heavy atom. The fourth-order valence-corrected chi connectivity index (χ4v) is 5.18. The van der Waals surface area contributed by atoms with Crippen LogP contribution >= 0.6 is 0 Å². The number of unbranched alkanes of at least 4 members (excludes halogenated alkanes) is 11. The Kier molecular flexibility index (Phi) is 15.8. The standard InChI is InChI=1S/C27H50O4/c1-4-7-8-9-10-11-12-13-14-15-16-20-23-27(25(28)30-5-2,26(29)31-6-3)24-21-18-17-19-22-24/h24H,4-23H2,1-3H3. The van der Waals surface area contributed by atoms with E-state index in [2.05, 4.69) is 6.92 Å². The Labute approximate surface area is 192 Å². The molecule has 1 saturated carbocycles. The Bertz CT molecular complexity index is 450. The second kappa shape index (κ2) is 17.5. The van der Waals surface area contributed by atoms with Crippen molar-refractivity contribution in [3.8, 4) is 0 Å². The largest absolute Gasteiger partial charge is 0.465 e. The average Bonchev–Trinajstić information content (AvgIpc) is 2.78. The molecule has 0 aromatic rings. The lowest BCUT2D eigenvalue weighted by Crippen LogP contribution is -2.48. The molecule has 0 bridgehead atoms. The molecule has 31 heavy (non-hydrogen) atoms. The summed E-state index contributed by atoms with van der Waals surface area (Å²) in [5, 5.41) is 0. The molecule has 4 nitrogen and oxygen atoms in total. The zero-order valence-electron chi connectivity index (χ0n) is 20.9. The molecule has 0 atom stereocenters. The molecule has 0 saturated heterocycles. The molecule has 0 amide bonds. The second-order valence-electron chi connectivity index (χ2n) is 9.39. The smallest absolute Gasteiger partial charge is 0.323 e. The maximum absolute atomic E-state index is 13.1. The number of carbonyl (C=O) groups is 2. The molecule has 0 heterocycles. The van der Waals surface area contributed by atoms with Crippen molar-refractivity contribution in [1.29, 1.82) is 0 Å². The minimum Gasteiger partial charge on any atom is -0.465 e. The van der Waals surface area contributed by atoms with Gasteiger partial charge in [-0.2, -0.15) is 0 Å². The van der Waals surface area contributed by atoms with Gasteiger partial charge >= 0.3 is 11.9 Å². The summed E-state index contributed by atoms with van der Waals surface area (Å²) in [5.74, 6) is -0.626. The van der Waals surface area contributed by atoms with Crippen LogP contribution in [0.4, 0.5) is 0 Å². The second-order valence-corrected chi connectivity index (χ2v) is 9.39. The van der Waals surface area contributed by atoms with Crippen LogP contribution in [0.1, 0.15) is 136 Å². The van der Waals surface area contributed by atoms with Crippen LogP contribution in [0, 0.1) is 11.3 Å². The third-order valence-corrected chi connectivity index (χ3v) is 7.01. The first-order valence-corrected chi connectivity index (χ1v) is 13.5. The number of hydrogen-bond donors (Lipinski definition) is 0. The highest BCUT2D eigenvalue weighted by Gasteiger charge is 2.54. The summed E-state index contributed by atoms with van der Waals surface area (Å²) in [4.78, 5) is 26.2. The minimum atomic E-state index is -1.09. The Morgan fingerprint density at radius 3 is 1.48 bits per heavy atom. The molecule has 0 aromatic carbocycles. The van der Waals surface area contributed by atoms with Gasteiger partial charge in [0, 0.05) is 0 Å². The van der Waals surface area contributed by atoms with E-state index in [1.807, 2.05) is 13.8 Å². The average molecular weight is 439 g/mol. The van der Waals surface area contributed by atoms with Gasteiger partial charge in [-0.3, -0.25) is 9.59 Å². The topological polar surface area (TPSA) is 52.6 Å². The van der Waals surface area contributed by atoms with E-state index in [9.17, 15) is 9.59 Å². The Balaban J connectivity index is 2.48. The normalized spacial score (nSPS) is 15.1. The van der Waals surface area contributed by atoms with Crippen LogP contribution in [0.5, 0.6) is 0 Å². The summed E-state index contributed by atoms with van der Waals surface area (Å²) in [6.07, 6.45) is 21.0. The number of rotatable bonds is 18. The third kappa shape index (κ3) is 9.95. The van der Waals surface area contributed by atoms with Gasteiger partial charge in [0.1, 0.15) is 0 Å². The SMILES string of the molecule is CCCCCCCCCCCCCCC(C(=O)OCC)(C(=O)OCC)C1CCCCC1. The highest BCUT2D eigenvalue weighted by molar-refractivity contribution is 6.00. The first-order chi connectivity index (χ1) is 15.1. The van der Waals surface area contributed by atoms with Gasteiger partial charge in [-0.25, -0.2) is 0 Å². The maximum Gasteiger partial charge on any atom is 0.323 e. The molecule has 0 unspecified atom stereocenters. The van der Waals surface area contributed by atoms with Gasteiger partial charge in [0.2, 0.25) is 0 Å². The fourth-order valence-electron chi connectivity index (χ4n) is 5.18. The number of hydrogen-bond acceptors (Lipinski definition) is 4. The van der Waals surface area contributed by atoms with Gasteiger partial charge in [0.15, 0.2) is 5.41 Å². The first kappa shape index (κ1) is 28.0. The van der Waals surface area contributed by atoms with Crippen molar-refractivity contribution in [2.24, 2.45) is 11.3 Å². The van der Waals surface area contributed by atoms with Gasteiger partial charge in [-0.15, -0.1) is 0 Å². The minimum absolute atomic E-state index is 0.0621. The van der Waals surface area contributed by atoms with Crippen LogP contribution in [-0.4, -0.2) is 25.2 Å². The van der Waals surface area contributed by atoms with Crippen molar-refractivity contribution in [2.45, 2.75) is 136 Å². The van der Waals surface area contributed by atoms with Gasteiger partial charge in [0.05, 0.1) is 13.2 Å². The molecule has 1 fully saturated rings. The predicted molar refractivity (Wildman–Crippen MR) is 128 cm³/mol. The van der Waals surface area contributed by atoms with Gasteiger partial charge < -0.3 is 9.47 Å². The van der Waals surface area contributed by atoms with E-state index in [0.717, 1.165) is 38.5 Å². The van der Waals surface area contributed by atoms with E-state index >= 15 is 0 Å². The van der Waals surface area contributed by atoms with Crippen LogP contribution in [0.15, 0.2) is 0 Å². The Morgan fingerprint density at radius 1 is 0.645 bits per heavy atom. The third-order valence-electron chi connectivity index (χ3n) is 7.01. The van der Waals surface area contributed by atoms with Crippen LogP contribution in [0.2, 0.25) is 0 Å². The van der Waals surface area contributed by atoms with Crippen molar-refractivity contribution in [3.63, 3.8) is 0 Å². The Hall–Kier alpha value is -1.06. The number of ether oxygens (including phenoxy) is 2. The molecule has 0 aromatic heterocycles. The molecule has 4 heteroatoms. The zero-order chi connectivity index (χ0) is 22.8. The summed E-state index contributed by atoms with van der Waals surface area (Å²) in [6, 6.07) is 0. The molecule has 0 N–H and O–H groups in total. The van der Waals surface area contributed by atoms with Crippen molar-refractivity contribution >= 4 is 11.9 Å². The molecule has 0 aliphatic heterocycles. The summed E-state index contributed by atoms with van der Waals surface area (Å²) in [5.41, 5.74) is -1.09. The summed E-state index contributed by atoms with van der Waals surface area (Å²) >= 11 is 0. The van der Waals surface area contributed by atoms with Crippen molar-refractivity contribution in [1.82, 2.24) is 0 Å². The van der Waals surface area contributed by atoms with E-state index in [-0.39, 0.29) is 17.9 Å². The number of esters is 2. The molecular formula is C27H50O4. The molecule has 0 spiro atoms. The summed E-state index contributed by atoms with van der Waals surface area (Å²) in [7, 11) is 0. The molecule has 1 rings (SSSR count). The van der Waals surface area contributed by atoms with E-state index in [4.69, 9.17) is 9.47 Å². The van der Waals surface area contributed by atoms with Crippen LogP contribution in [0.3, 0.4) is 0 Å². The highest BCUT2D eigenvalue weighted by atomic mass is 16.6. The lowest BCUT2D eigenvalue weighted by atomic mass is 9.66. The summed E-state index contributed by atoms with van der Waals surface area (Å²) < 4.78 is 10.9. The van der Waals surface area contributed by atoms with Gasteiger partial charge in [0.25, 0.3) is 0 Å². The number of carbonyl (C=O) groups excluding carboxylic acids is 2. The van der Waals surface area contributed by atoms with Crippen LogP contribution < -0.4 is 0 Å². The van der Waals surface area contributed by atoms with E-state index in [0.29, 0.717) is 19.6 Å². The quantitative estimate of drug-likeness (QED) is 0.125. The van der Waals surface area contributed by atoms with Crippen molar-refractivity contribution in [3.05, 3.63) is 0 Å². The lowest BCUT2D eigenvalue weighted by Gasteiger charge is -2.38. The molecule has 0 radical (unpaired) electrons. The monoisotopic (exact) mass is 438 g/mol. The van der Waals surface area contributed by atoms with Crippen LogP contribution in [0.25, 0.3) is 0 Å².